The summed E-state index contributed by atoms with van der Waals surface area (Å²) in [4.78, 5) is 27.2. The van der Waals surface area contributed by atoms with E-state index in [0.717, 1.165) is 36.1 Å². The number of hydrazine groups is 1. The molecule has 9 heteroatoms. The number of unbranched alkanes of at least 4 members (excludes halogenated alkanes) is 2. The summed E-state index contributed by atoms with van der Waals surface area (Å²) in [6, 6.07) is 11.4. The molecule has 0 bridgehead atoms. The summed E-state index contributed by atoms with van der Waals surface area (Å²) in [6.45, 7) is 10.7. The summed E-state index contributed by atoms with van der Waals surface area (Å²) in [7, 11) is 0. The Balaban J connectivity index is 1.71. The van der Waals surface area contributed by atoms with Gasteiger partial charge in [0.05, 0.1) is 30.9 Å². The number of carbonyl (C=O) groups is 2. The Labute approximate surface area is 235 Å². The van der Waals surface area contributed by atoms with E-state index in [-0.39, 0.29) is 31.1 Å². The fourth-order valence-corrected chi connectivity index (χ4v) is 5.80. The zero-order valence-electron chi connectivity index (χ0n) is 23.1. The van der Waals surface area contributed by atoms with Gasteiger partial charge < -0.3 is 14.6 Å². The lowest BCUT2D eigenvalue weighted by Gasteiger charge is -2.32. The SMILES string of the molecule is CCCCCC(O)C(C)(C)c1ccc(N2C(=O)C(CC)C(=S)N2COCc2ccc(C(=O)OCC)s2)cc1. The number of nitrogens with zero attached hydrogens (tertiary/aromatic N) is 2. The standard InChI is InChI=1S/C29H40N2O5S2/c1-6-9-10-11-25(32)29(4,5)20-12-14-21(15-13-20)31-26(33)23(7-2)27(37)30(31)19-35-18-22-16-17-24(38-22)28(34)36-8-3/h12-17,23,25,32H,6-11,18-19H2,1-5H3. The molecule has 2 heterocycles. The smallest absolute Gasteiger partial charge is 0.348 e. The molecule has 208 valence electrons. The number of ether oxygens (including phenoxy) is 2. The molecule has 2 aromatic rings. The van der Waals surface area contributed by atoms with E-state index in [1.54, 1.807) is 23.0 Å². The van der Waals surface area contributed by atoms with E-state index in [0.29, 0.717) is 28.6 Å². The Morgan fingerprint density at radius 3 is 2.47 bits per heavy atom. The summed E-state index contributed by atoms with van der Waals surface area (Å²) < 4.78 is 11.0. The Hall–Kier alpha value is -2.33. The Morgan fingerprint density at radius 1 is 1.13 bits per heavy atom. The van der Waals surface area contributed by atoms with Gasteiger partial charge in [0.15, 0.2) is 0 Å². The summed E-state index contributed by atoms with van der Waals surface area (Å²) in [5, 5.41) is 14.2. The van der Waals surface area contributed by atoms with Crippen LogP contribution in [0.1, 0.15) is 86.8 Å². The quantitative estimate of drug-likeness (QED) is 0.167. The highest BCUT2D eigenvalue weighted by atomic mass is 32.1. The number of thiophene rings is 1. The average Bonchev–Trinajstić information content (AvgIpc) is 3.46. The van der Waals surface area contributed by atoms with Crippen LogP contribution in [0, 0.1) is 5.92 Å². The molecular weight excluding hydrogens is 520 g/mol. The molecular formula is C29H40N2O5S2. The Morgan fingerprint density at radius 2 is 1.84 bits per heavy atom. The van der Waals surface area contributed by atoms with Gasteiger partial charge in [0.25, 0.3) is 5.91 Å². The monoisotopic (exact) mass is 560 g/mol. The van der Waals surface area contributed by atoms with Gasteiger partial charge in [0.1, 0.15) is 16.6 Å². The van der Waals surface area contributed by atoms with Crippen LogP contribution < -0.4 is 5.01 Å². The number of thiocarbonyl (C=S) groups is 1. The third kappa shape index (κ3) is 6.81. The average molecular weight is 561 g/mol. The molecule has 2 atom stereocenters. The van der Waals surface area contributed by atoms with E-state index in [2.05, 4.69) is 20.8 Å². The second-order valence-electron chi connectivity index (χ2n) is 10.1. The molecule has 1 aromatic heterocycles. The molecule has 0 saturated carbocycles. The van der Waals surface area contributed by atoms with Crippen molar-refractivity contribution >= 4 is 46.1 Å². The first-order valence-corrected chi connectivity index (χ1v) is 14.7. The zero-order valence-corrected chi connectivity index (χ0v) is 24.7. The van der Waals surface area contributed by atoms with Crippen molar-refractivity contribution in [2.75, 3.05) is 18.3 Å². The van der Waals surface area contributed by atoms with Crippen LogP contribution in [-0.4, -0.2) is 46.4 Å². The van der Waals surface area contributed by atoms with E-state index >= 15 is 0 Å². The lowest BCUT2D eigenvalue weighted by Crippen LogP contribution is -2.42. The molecule has 1 aliphatic rings. The second kappa shape index (κ2) is 13.6. The van der Waals surface area contributed by atoms with Gasteiger partial charge in [0, 0.05) is 10.3 Å². The zero-order chi connectivity index (χ0) is 27.9. The van der Waals surface area contributed by atoms with Gasteiger partial charge in [-0.3, -0.25) is 4.79 Å². The van der Waals surface area contributed by atoms with Crippen LogP contribution in [-0.2, 0) is 26.3 Å². The highest BCUT2D eigenvalue weighted by Crippen LogP contribution is 2.34. The molecule has 0 aliphatic carbocycles. The minimum atomic E-state index is -0.447. The number of aliphatic hydroxyl groups is 1. The highest BCUT2D eigenvalue weighted by Gasteiger charge is 2.42. The van der Waals surface area contributed by atoms with E-state index in [4.69, 9.17) is 21.7 Å². The number of aliphatic hydroxyl groups excluding tert-OH is 1. The molecule has 1 aromatic carbocycles. The molecule has 1 aliphatic heterocycles. The molecule has 0 radical (unpaired) electrons. The molecule has 1 N–H and O–H groups in total. The maximum atomic E-state index is 13.3. The third-order valence-electron chi connectivity index (χ3n) is 7.08. The lowest BCUT2D eigenvalue weighted by atomic mass is 9.77. The van der Waals surface area contributed by atoms with Crippen molar-refractivity contribution < 1.29 is 24.2 Å². The number of hydrogen-bond donors (Lipinski definition) is 1. The number of benzene rings is 1. The van der Waals surface area contributed by atoms with Gasteiger partial charge in [-0.1, -0.05) is 71.3 Å². The van der Waals surface area contributed by atoms with Gasteiger partial charge in [-0.05, 0) is 49.6 Å². The first-order chi connectivity index (χ1) is 18.1. The lowest BCUT2D eigenvalue weighted by molar-refractivity contribution is -0.121. The van der Waals surface area contributed by atoms with Gasteiger partial charge >= 0.3 is 5.97 Å². The van der Waals surface area contributed by atoms with Crippen molar-refractivity contribution in [3.05, 3.63) is 51.7 Å². The molecule has 3 rings (SSSR count). The first-order valence-electron chi connectivity index (χ1n) is 13.4. The summed E-state index contributed by atoms with van der Waals surface area (Å²) >= 11 is 7.00. The van der Waals surface area contributed by atoms with Gasteiger partial charge in [-0.2, -0.15) is 0 Å². The summed E-state index contributed by atoms with van der Waals surface area (Å²) in [5.41, 5.74) is 1.32. The fraction of sp³-hybridized carbons (Fsp3) is 0.552. The van der Waals surface area contributed by atoms with Crippen LogP contribution in [0.4, 0.5) is 5.69 Å². The Kier molecular flexibility index (Phi) is 10.8. The van der Waals surface area contributed by atoms with Crippen LogP contribution in [0.5, 0.6) is 0 Å². The summed E-state index contributed by atoms with van der Waals surface area (Å²) in [5.74, 6) is -0.803. The predicted molar refractivity (Wildman–Crippen MR) is 155 cm³/mol. The van der Waals surface area contributed by atoms with Gasteiger partial charge in [0.2, 0.25) is 0 Å². The minimum absolute atomic E-state index is 0.0755. The van der Waals surface area contributed by atoms with Crippen molar-refractivity contribution in [1.82, 2.24) is 5.01 Å². The van der Waals surface area contributed by atoms with E-state index in [1.165, 1.54) is 11.3 Å². The van der Waals surface area contributed by atoms with Crippen LogP contribution in [0.15, 0.2) is 36.4 Å². The van der Waals surface area contributed by atoms with Crippen molar-refractivity contribution in [2.24, 2.45) is 5.92 Å². The number of hydrogen-bond acceptors (Lipinski definition) is 7. The molecule has 1 amide bonds. The highest BCUT2D eigenvalue weighted by molar-refractivity contribution is 7.80. The fourth-order valence-electron chi connectivity index (χ4n) is 4.56. The van der Waals surface area contributed by atoms with Crippen LogP contribution >= 0.6 is 23.6 Å². The largest absolute Gasteiger partial charge is 0.462 e. The molecule has 1 fully saturated rings. The van der Waals surface area contributed by atoms with E-state index < -0.39 is 11.5 Å². The van der Waals surface area contributed by atoms with Crippen LogP contribution in [0.25, 0.3) is 0 Å². The number of carbonyl (C=O) groups excluding carboxylic acids is 2. The van der Waals surface area contributed by atoms with Crippen molar-refractivity contribution in [1.29, 1.82) is 0 Å². The number of rotatable bonds is 14. The number of amides is 1. The van der Waals surface area contributed by atoms with Crippen molar-refractivity contribution in [3.63, 3.8) is 0 Å². The third-order valence-corrected chi connectivity index (χ3v) is 8.61. The molecule has 0 spiro atoms. The first kappa shape index (κ1) is 30.2. The molecule has 2 unspecified atom stereocenters. The molecule has 1 saturated heterocycles. The van der Waals surface area contributed by atoms with Gasteiger partial charge in [-0.15, -0.1) is 11.3 Å². The maximum Gasteiger partial charge on any atom is 0.348 e. The maximum absolute atomic E-state index is 13.3. The van der Waals surface area contributed by atoms with Crippen LogP contribution in [0.2, 0.25) is 0 Å². The van der Waals surface area contributed by atoms with E-state index in [1.807, 2.05) is 37.3 Å². The van der Waals surface area contributed by atoms with Gasteiger partial charge in [-0.25, -0.2) is 14.8 Å². The summed E-state index contributed by atoms with van der Waals surface area (Å²) in [6.07, 6.45) is 4.15. The predicted octanol–water partition coefficient (Wildman–Crippen LogP) is 6.24. The number of anilines is 1. The normalized spacial score (nSPS) is 16.8. The van der Waals surface area contributed by atoms with Crippen molar-refractivity contribution in [2.45, 2.75) is 84.8 Å². The Bertz CT molecular complexity index is 1100. The number of esters is 1. The topological polar surface area (TPSA) is 79.3 Å². The molecule has 38 heavy (non-hydrogen) atoms. The van der Waals surface area contributed by atoms with Crippen LogP contribution in [0.3, 0.4) is 0 Å². The minimum Gasteiger partial charge on any atom is -0.462 e. The van der Waals surface area contributed by atoms with Crippen molar-refractivity contribution in [3.8, 4) is 0 Å². The second-order valence-corrected chi connectivity index (χ2v) is 11.7. The molecule has 7 nitrogen and oxygen atoms in total. The van der Waals surface area contributed by atoms with E-state index in [9.17, 15) is 14.7 Å².